The lowest BCUT2D eigenvalue weighted by Crippen LogP contribution is -1.95. The molecule has 1 aromatic carbocycles. The quantitative estimate of drug-likeness (QED) is 0.661. The molecule has 0 atom stereocenters. The van der Waals surface area contributed by atoms with Gasteiger partial charge in [-0.15, -0.1) is 0 Å². The second kappa shape index (κ2) is 3.37. The van der Waals surface area contributed by atoms with E-state index in [4.69, 9.17) is 17.3 Å². The Labute approximate surface area is 104 Å². The molecule has 0 aliphatic rings. The Bertz CT molecular complexity index is 743. The standard InChI is InChI=1S/C13H12ClN3/c1-7-12-9(6-11(15)16-7)8-4-3-5-10(14)13(8)17(12)2/h3-6H,1-2H3,(H2,15,16). The normalized spacial score (nSPS) is 11.5. The van der Waals surface area contributed by atoms with Crippen molar-refractivity contribution >= 4 is 39.2 Å². The number of nitrogens with two attached hydrogens (primary N) is 1. The number of hydrogen-bond acceptors (Lipinski definition) is 2. The van der Waals surface area contributed by atoms with Gasteiger partial charge < -0.3 is 10.3 Å². The average Bonchev–Trinajstić information content (AvgIpc) is 2.54. The predicted molar refractivity (Wildman–Crippen MR) is 72.4 cm³/mol. The van der Waals surface area contributed by atoms with E-state index < -0.39 is 0 Å². The van der Waals surface area contributed by atoms with Crippen molar-refractivity contribution in [2.24, 2.45) is 7.05 Å². The van der Waals surface area contributed by atoms with E-state index in [-0.39, 0.29) is 0 Å². The van der Waals surface area contributed by atoms with Gasteiger partial charge in [0.05, 0.1) is 21.7 Å². The Morgan fingerprint density at radius 1 is 1.24 bits per heavy atom. The van der Waals surface area contributed by atoms with Gasteiger partial charge in [0, 0.05) is 17.8 Å². The lowest BCUT2D eigenvalue weighted by Gasteiger charge is -2.02. The molecule has 0 saturated heterocycles. The predicted octanol–water partition coefficient (Wildman–Crippen LogP) is 3.27. The fourth-order valence-corrected chi connectivity index (χ4v) is 2.81. The van der Waals surface area contributed by atoms with Gasteiger partial charge in [0.25, 0.3) is 0 Å². The number of aromatic nitrogens is 2. The van der Waals surface area contributed by atoms with Gasteiger partial charge >= 0.3 is 0 Å². The summed E-state index contributed by atoms with van der Waals surface area (Å²) in [6, 6.07) is 7.81. The molecule has 0 aliphatic carbocycles. The molecule has 0 saturated carbocycles. The average molecular weight is 246 g/mol. The minimum absolute atomic E-state index is 0.544. The lowest BCUT2D eigenvalue weighted by molar-refractivity contribution is 0.998. The van der Waals surface area contributed by atoms with Crippen molar-refractivity contribution in [1.82, 2.24) is 9.55 Å². The molecule has 0 amide bonds. The number of aryl methyl sites for hydroxylation is 2. The number of para-hydroxylation sites is 1. The molecule has 3 aromatic rings. The van der Waals surface area contributed by atoms with Crippen molar-refractivity contribution in [2.75, 3.05) is 5.73 Å². The van der Waals surface area contributed by atoms with Crippen LogP contribution in [0.5, 0.6) is 0 Å². The van der Waals surface area contributed by atoms with E-state index >= 15 is 0 Å². The molecule has 0 unspecified atom stereocenters. The molecule has 0 spiro atoms. The second-order valence-corrected chi connectivity index (χ2v) is 4.63. The van der Waals surface area contributed by atoms with Crippen molar-refractivity contribution in [3.63, 3.8) is 0 Å². The van der Waals surface area contributed by atoms with E-state index in [1.165, 1.54) is 0 Å². The monoisotopic (exact) mass is 245 g/mol. The van der Waals surface area contributed by atoms with Crippen LogP contribution in [0.4, 0.5) is 5.82 Å². The maximum absolute atomic E-state index is 6.25. The van der Waals surface area contributed by atoms with E-state index in [0.29, 0.717) is 5.82 Å². The molecular weight excluding hydrogens is 234 g/mol. The molecule has 2 aromatic heterocycles. The highest BCUT2D eigenvalue weighted by atomic mass is 35.5. The number of fused-ring (bicyclic) bond motifs is 3. The zero-order chi connectivity index (χ0) is 12.2. The molecule has 2 N–H and O–H groups in total. The number of nitrogens with zero attached hydrogens (tertiary/aromatic N) is 2. The first-order valence-electron chi connectivity index (χ1n) is 5.39. The third-order valence-electron chi connectivity index (χ3n) is 3.13. The number of nitrogen functional groups attached to an aromatic ring is 1. The molecule has 0 aliphatic heterocycles. The maximum atomic E-state index is 6.25. The van der Waals surface area contributed by atoms with E-state index in [0.717, 1.165) is 32.5 Å². The van der Waals surface area contributed by atoms with Crippen LogP contribution in [0.25, 0.3) is 21.8 Å². The number of anilines is 1. The van der Waals surface area contributed by atoms with Crippen molar-refractivity contribution in [3.05, 3.63) is 35.0 Å². The number of halogens is 1. The highest BCUT2D eigenvalue weighted by molar-refractivity contribution is 6.36. The molecular formula is C13H12ClN3. The summed E-state index contributed by atoms with van der Waals surface area (Å²) >= 11 is 6.25. The van der Waals surface area contributed by atoms with Crippen molar-refractivity contribution in [3.8, 4) is 0 Å². The van der Waals surface area contributed by atoms with E-state index in [1.54, 1.807) is 0 Å². The molecule has 4 heteroatoms. The Hall–Kier alpha value is -1.74. The third kappa shape index (κ3) is 1.32. The molecule has 3 nitrogen and oxygen atoms in total. The van der Waals surface area contributed by atoms with Gasteiger partial charge in [-0.05, 0) is 19.1 Å². The smallest absolute Gasteiger partial charge is 0.124 e. The van der Waals surface area contributed by atoms with Crippen LogP contribution < -0.4 is 5.73 Å². The largest absolute Gasteiger partial charge is 0.384 e. The molecule has 86 valence electrons. The van der Waals surface area contributed by atoms with Crippen LogP contribution in [0, 0.1) is 6.92 Å². The van der Waals surface area contributed by atoms with Crippen molar-refractivity contribution in [1.29, 1.82) is 0 Å². The Morgan fingerprint density at radius 2 is 2.00 bits per heavy atom. The first kappa shape index (κ1) is 10.4. The van der Waals surface area contributed by atoms with Crippen LogP contribution in [0.15, 0.2) is 24.3 Å². The fraction of sp³-hybridized carbons (Fsp3) is 0.154. The van der Waals surface area contributed by atoms with Crippen LogP contribution in [0.3, 0.4) is 0 Å². The zero-order valence-corrected chi connectivity index (χ0v) is 10.4. The van der Waals surface area contributed by atoms with Crippen LogP contribution in [-0.2, 0) is 7.05 Å². The summed E-state index contributed by atoms with van der Waals surface area (Å²) in [5, 5.41) is 2.97. The molecule has 0 bridgehead atoms. The molecule has 3 rings (SSSR count). The molecule has 2 heterocycles. The van der Waals surface area contributed by atoms with E-state index in [2.05, 4.69) is 15.6 Å². The van der Waals surface area contributed by atoms with Crippen LogP contribution >= 0.6 is 11.6 Å². The maximum Gasteiger partial charge on any atom is 0.124 e. The summed E-state index contributed by atoms with van der Waals surface area (Å²) in [5.41, 5.74) is 8.85. The summed E-state index contributed by atoms with van der Waals surface area (Å²) < 4.78 is 2.08. The minimum Gasteiger partial charge on any atom is -0.384 e. The minimum atomic E-state index is 0.544. The Kier molecular flexibility index (Phi) is 2.07. The summed E-state index contributed by atoms with van der Waals surface area (Å²) in [7, 11) is 2.00. The third-order valence-corrected chi connectivity index (χ3v) is 3.44. The van der Waals surface area contributed by atoms with Crippen LogP contribution in [0.2, 0.25) is 5.02 Å². The van der Waals surface area contributed by atoms with Gasteiger partial charge in [0.1, 0.15) is 5.82 Å². The van der Waals surface area contributed by atoms with Gasteiger partial charge in [0.15, 0.2) is 0 Å². The highest BCUT2D eigenvalue weighted by Gasteiger charge is 2.13. The fourth-order valence-electron chi connectivity index (χ4n) is 2.50. The zero-order valence-electron chi connectivity index (χ0n) is 9.66. The first-order valence-corrected chi connectivity index (χ1v) is 5.77. The summed E-state index contributed by atoms with van der Waals surface area (Å²) in [6.45, 7) is 1.96. The topological polar surface area (TPSA) is 43.8 Å². The summed E-state index contributed by atoms with van der Waals surface area (Å²) in [5.74, 6) is 0.544. The molecule has 0 radical (unpaired) electrons. The van der Waals surface area contributed by atoms with Crippen LogP contribution in [0.1, 0.15) is 5.69 Å². The number of hydrogen-bond donors (Lipinski definition) is 1. The lowest BCUT2D eigenvalue weighted by atomic mass is 10.1. The van der Waals surface area contributed by atoms with E-state index in [9.17, 15) is 0 Å². The number of pyridine rings is 1. The summed E-state index contributed by atoms with van der Waals surface area (Å²) in [4.78, 5) is 4.30. The van der Waals surface area contributed by atoms with Crippen LogP contribution in [-0.4, -0.2) is 9.55 Å². The van der Waals surface area contributed by atoms with Crippen molar-refractivity contribution in [2.45, 2.75) is 6.92 Å². The number of rotatable bonds is 0. The first-order chi connectivity index (χ1) is 8.09. The van der Waals surface area contributed by atoms with Gasteiger partial charge in [-0.2, -0.15) is 0 Å². The molecule has 17 heavy (non-hydrogen) atoms. The number of benzene rings is 1. The molecule has 0 fully saturated rings. The Morgan fingerprint density at radius 3 is 2.76 bits per heavy atom. The highest BCUT2D eigenvalue weighted by Crippen LogP contribution is 2.34. The second-order valence-electron chi connectivity index (χ2n) is 4.22. The Balaban J connectivity index is 2.68. The van der Waals surface area contributed by atoms with E-state index in [1.807, 2.05) is 32.2 Å². The van der Waals surface area contributed by atoms with Gasteiger partial charge in [-0.1, -0.05) is 23.7 Å². The summed E-state index contributed by atoms with van der Waals surface area (Å²) in [6.07, 6.45) is 0. The van der Waals surface area contributed by atoms with Gasteiger partial charge in [-0.25, -0.2) is 4.98 Å². The van der Waals surface area contributed by atoms with Gasteiger partial charge in [0.2, 0.25) is 0 Å². The van der Waals surface area contributed by atoms with Crippen molar-refractivity contribution < 1.29 is 0 Å². The SMILES string of the molecule is Cc1nc(N)cc2c3cccc(Cl)c3n(C)c12. The van der Waals surface area contributed by atoms with Gasteiger partial charge in [-0.3, -0.25) is 0 Å².